The maximum absolute atomic E-state index is 13.1. The average molecular weight is 427 g/mol. The summed E-state index contributed by atoms with van der Waals surface area (Å²) in [7, 11) is -2.49. The van der Waals surface area contributed by atoms with Gasteiger partial charge in [-0.2, -0.15) is 4.31 Å². The molecular formula is C19H20ClFN2O4S. The van der Waals surface area contributed by atoms with Crippen LogP contribution in [0.2, 0.25) is 5.02 Å². The van der Waals surface area contributed by atoms with E-state index in [0.717, 1.165) is 0 Å². The number of carbonyl (C=O) groups excluding carboxylic acids is 1. The highest BCUT2D eigenvalue weighted by molar-refractivity contribution is 7.89. The number of rotatable bonds is 5. The van der Waals surface area contributed by atoms with Crippen LogP contribution in [-0.4, -0.2) is 38.8 Å². The fraction of sp³-hybridized carbons (Fsp3) is 0.316. The number of carbonyl (C=O) groups is 1. The number of benzene rings is 2. The van der Waals surface area contributed by atoms with Gasteiger partial charge in [-0.15, -0.1) is 0 Å². The van der Waals surface area contributed by atoms with Gasteiger partial charge in [0.25, 0.3) is 0 Å². The largest absolute Gasteiger partial charge is 0.495 e. The van der Waals surface area contributed by atoms with E-state index >= 15 is 0 Å². The number of methoxy groups -OCH3 is 1. The minimum atomic E-state index is -3.88. The Kier molecular flexibility index (Phi) is 6.22. The molecule has 0 spiro atoms. The summed E-state index contributed by atoms with van der Waals surface area (Å²) in [5.74, 6) is -1.02. The van der Waals surface area contributed by atoms with Crippen LogP contribution in [0.25, 0.3) is 0 Å². The molecule has 0 saturated carbocycles. The predicted molar refractivity (Wildman–Crippen MR) is 105 cm³/mol. The van der Waals surface area contributed by atoms with Crippen LogP contribution in [0.15, 0.2) is 47.4 Å². The third-order valence-electron chi connectivity index (χ3n) is 4.61. The molecule has 0 radical (unpaired) electrons. The quantitative estimate of drug-likeness (QED) is 0.793. The lowest BCUT2D eigenvalue weighted by atomic mass is 9.99. The van der Waals surface area contributed by atoms with E-state index in [0.29, 0.717) is 25.1 Å². The summed E-state index contributed by atoms with van der Waals surface area (Å²) >= 11 is 5.97. The molecule has 1 fully saturated rings. The molecular weight excluding hydrogens is 407 g/mol. The highest BCUT2D eigenvalue weighted by Gasteiger charge is 2.35. The van der Waals surface area contributed by atoms with E-state index in [2.05, 4.69) is 5.32 Å². The molecule has 2 aromatic carbocycles. The van der Waals surface area contributed by atoms with E-state index in [1.807, 2.05) is 0 Å². The molecule has 1 N–H and O–H groups in total. The first-order chi connectivity index (χ1) is 13.3. The summed E-state index contributed by atoms with van der Waals surface area (Å²) in [4.78, 5) is 12.5. The van der Waals surface area contributed by atoms with Crippen molar-refractivity contribution in [3.05, 3.63) is 53.3 Å². The van der Waals surface area contributed by atoms with Crippen LogP contribution in [0.3, 0.4) is 0 Å². The number of nitrogens with zero attached hydrogens (tertiary/aromatic N) is 1. The number of amides is 1. The van der Waals surface area contributed by atoms with Crippen LogP contribution in [0.5, 0.6) is 5.75 Å². The van der Waals surface area contributed by atoms with Crippen molar-refractivity contribution in [3.63, 3.8) is 0 Å². The summed E-state index contributed by atoms with van der Waals surface area (Å²) in [6.45, 7) is 0.351. The average Bonchev–Trinajstić information content (AvgIpc) is 2.69. The predicted octanol–water partition coefficient (Wildman–Crippen LogP) is 3.53. The third kappa shape index (κ3) is 4.45. The van der Waals surface area contributed by atoms with Gasteiger partial charge in [-0.1, -0.05) is 11.6 Å². The highest BCUT2D eigenvalue weighted by atomic mass is 35.5. The Labute approximate surface area is 168 Å². The van der Waals surface area contributed by atoms with E-state index in [-0.39, 0.29) is 28.1 Å². The molecule has 1 heterocycles. The number of anilines is 1. The van der Waals surface area contributed by atoms with Crippen molar-refractivity contribution in [2.75, 3.05) is 25.5 Å². The Morgan fingerprint density at radius 3 is 2.64 bits per heavy atom. The van der Waals surface area contributed by atoms with E-state index in [1.54, 1.807) is 6.07 Å². The van der Waals surface area contributed by atoms with Crippen LogP contribution in [0.1, 0.15) is 12.8 Å². The molecule has 9 heteroatoms. The Morgan fingerprint density at radius 2 is 1.96 bits per heavy atom. The molecule has 1 aliphatic rings. The number of halogens is 2. The van der Waals surface area contributed by atoms with Crippen molar-refractivity contribution >= 4 is 33.2 Å². The first-order valence-electron chi connectivity index (χ1n) is 8.71. The normalized spacial score (nSPS) is 17.9. The third-order valence-corrected chi connectivity index (χ3v) is 6.73. The molecule has 1 aliphatic heterocycles. The first-order valence-corrected chi connectivity index (χ1v) is 10.5. The second kappa shape index (κ2) is 8.46. The number of nitrogens with one attached hydrogen (secondary N) is 1. The summed E-state index contributed by atoms with van der Waals surface area (Å²) in [6, 6.07) is 9.81. The van der Waals surface area contributed by atoms with Crippen molar-refractivity contribution in [2.45, 2.75) is 17.7 Å². The van der Waals surface area contributed by atoms with Crippen molar-refractivity contribution in [3.8, 4) is 5.75 Å². The second-order valence-corrected chi connectivity index (χ2v) is 8.84. The van der Waals surface area contributed by atoms with Gasteiger partial charge >= 0.3 is 0 Å². The van der Waals surface area contributed by atoms with E-state index in [9.17, 15) is 17.6 Å². The van der Waals surface area contributed by atoms with Gasteiger partial charge in [0.15, 0.2) is 0 Å². The van der Waals surface area contributed by atoms with Gasteiger partial charge in [-0.3, -0.25) is 4.79 Å². The molecule has 0 bridgehead atoms. The first kappa shape index (κ1) is 20.6. The lowest BCUT2D eigenvalue weighted by Gasteiger charge is -2.31. The molecule has 6 nitrogen and oxygen atoms in total. The highest BCUT2D eigenvalue weighted by Crippen LogP contribution is 2.32. The summed E-state index contributed by atoms with van der Waals surface area (Å²) in [5, 5.41) is 2.99. The van der Waals surface area contributed by atoms with Crippen LogP contribution in [-0.2, 0) is 14.8 Å². The Morgan fingerprint density at radius 1 is 1.25 bits per heavy atom. The Balaban J connectivity index is 1.78. The number of piperidine rings is 1. The van der Waals surface area contributed by atoms with Crippen LogP contribution in [0, 0.1) is 11.7 Å². The number of hydrogen-bond donors (Lipinski definition) is 1. The molecule has 28 heavy (non-hydrogen) atoms. The molecule has 0 aromatic heterocycles. The van der Waals surface area contributed by atoms with Gasteiger partial charge in [0.1, 0.15) is 16.5 Å². The van der Waals surface area contributed by atoms with Gasteiger partial charge in [0.05, 0.1) is 13.0 Å². The zero-order valence-electron chi connectivity index (χ0n) is 15.2. The monoisotopic (exact) mass is 426 g/mol. The van der Waals surface area contributed by atoms with Crippen LogP contribution < -0.4 is 10.1 Å². The molecule has 1 atom stereocenters. The molecule has 1 saturated heterocycles. The molecule has 3 rings (SSSR count). The van der Waals surface area contributed by atoms with Crippen molar-refractivity contribution in [1.29, 1.82) is 0 Å². The molecule has 150 valence electrons. The summed E-state index contributed by atoms with van der Waals surface area (Å²) in [5.41, 5.74) is 0.461. The number of sulfonamides is 1. The lowest BCUT2D eigenvalue weighted by molar-refractivity contribution is -0.120. The molecule has 1 amide bonds. The van der Waals surface area contributed by atoms with E-state index in [4.69, 9.17) is 16.3 Å². The van der Waals surface area contributed by atoms with Crippen molar-refractivity contribution < 1.29 is 22.3 Å². The zero-order valence-corrected chi connectivity index (χ0v) is 16.8. The van der Waals surface area contributed by atoms with Crippen molar-refractivity contribution in [2.24, 2.45) is 5.92 Å². The van der Waals surface area contributed by atoms with E-state index < -0.39 is 21.8 Å². The Hall–Kier alpha value is -2.16. The van der Waals surface area contributed by atoms with Crippen LogP contribution >= 0.6 is 11.6 Å². The van der Waals surface area contributed by atoms with Gasteiger partial charge in [0.2, 0.25) is 15.9 Å². The second-order valence-electron chi connectivity index (χ2n) is 6.49. The van der Waals surface area contributed by atoms with Gasteiger partial charge < -0.3 is 10.1 Å². The Bertz CT molecular complexity index is 966. The van der Waals surface area contributed by atoms with Crippen molar-refractivity contribution in [1.82, 2.24) is 4.31 Å². The topological polar surface area (TPSA) is 75.7 Å². The molecule has 0 aliphatic carbocycles. The molecule has 2 aromatic rings. The van der Waals surface area contributed by atoms with Gasteiger partial charge in [0, 0.05) is 23.8 Å². The maximum atomic E-state index is 13.1. The fourth-order valence-corrected chi connectivity index (χ4v) is 5.09. The number of ether oxygens (including phenoxy) is 1. The zero-order chi connectivity index (χ0) is 20.3. The van der Waals surface area contributed by atoms with E-state index in [1.165, 1.54) is 47.8 Å². The minimum absolute atomic E-state index is 0.0258. The number of hydrogen-bond acceptors (Lipinski definition) is 4. The smallest absolute Gasteiger partial charge is 0.246 e. The lowest BCUT2D eigenvalue weighted by Crippen LogP contribution is -2.43. The van der Waals surface area contributed by atoms with Gasteiger partial charge in [-0.05, 0) is 55.3 Å². The fourth-order valence-electron chi connectivity index (χ4n) is 3.14. The SMILES string of the molecule is COc1ccc(Cl)cc1S(=O)(=O)N1CCC[C@H](C(=O)Nc2ccc(F)cc2)C1. The standard InChI is InChI=1S/C19H20ClFN2O4S/c1-27-17-9-4-14(20)11-18(17)28(25,26)23-10-2-3-13(12-23)19(24)22-16-7-5-15(21)6-8-16/h4-9,11,13H,2-3,10,12H2,1H3,(H,22,24)/t13-/m0/s1. The maximum Gasteiger partial charge on any atom is 0.246 e. The summed E-state index contributed by atoms with van der Waals surface area (Å²) in [6.07, 6.45) is 1.11. The van der Waals surface area contributed by atoms with Crippen LogP contribution in [0.4, 0.5) is 10.1 Å². The minimum Gasteiger partial charge on any atom is -0.495 e. The molecule has 0 unspecified atom stereocenters. The van der Waals surface area contributed by atoms with Gasteiger partial charge in [-0.25, -0.2) is 12.8 Å². The summed E-state index contributed by atoms with van der Waals surface area (Å²) < 4.78 is 45.6.